The minimum absolute atomic E-state index is 0.252. The maximum Gasteiger partial charge on any atom is 0.294 e. The Hall–Kier alpha value is -5.42. The fraction of sp³-hybridized carbons (Fsp3) is 0.0968. The van der Waals surface area contributed by atoms with Gasteiger partial charge in [0.25, 0.3) is 20.2 Å². The van der Waals surface area contributed by atoms with Crippen molar-refractivity contribution >= 4 is 70.8 Å². The van der Waals surface area contributed by atoms with Gasteiger partial charge in [0.15, 0.2) is 0 Å². The van der Waals surface area contributed by atoms with Gasteiger partial charge in [0.05, 0.1) is 56.7 Å². The summed E-state index contributed by atoms with van der Waals surface area (Å²) in [5.74, 6) is 0.447. The first-order valence-corrected chi connectivity index (χ1v) is 16.5. The summed E-state index contributed by atoms with van der Waals surface area (Å²) in [5, 5.41) is 26.6. The van der Waals surface area contributed by atoms with Crippen LogP contribution in [0.1, 0.15) is 11.1 Å². The maximum absolute atomic E-state index is 11.9. The molecule has 16 heteroatoms. The predicted octanol–water partition coefficient (Wildman–Crippen LogP) is 8.79. The molecule has 0 atom stereocenters. The summed E-state index contributed by atoms with van der Waals surface area (Å²) in [6.45, 7) is 3.62. The number of aryl methyl sites for hydroxylation is 2. The van der Waals surface area contributed by atoms with Gasteiger partial charge in [-0.2, -0.15) is 37.3 Å². The van der Waals surface area contributed by atoms with Crippen molar-refractivity contribution in [3.63, 3.8) is 0 Å². The van der Waals surface area contributed by atoms with Crippen molar-refractivity contribution in [1.29, 1.82) is 0 Å². The molecule has 0 unspecified atom stereocenters. The molecule has 14 nitrogen and oxygen atoms in total. The molecule has 240 valence electrons. The third kappa shape index (κ3) is 7.70. The van der Waals surface area contributed by atoms with Gasteiger partial charge in [-0.3, -0.25) is 9.11 Å². The molecule has 0 aliphatic carbocycles. The second-order valence-electron chi connectivity index (χ2n) is 10.2. The summed E-state index contributed by atoms with van der Waals surface area (Å²) >= 11 is 0. The summed E-state index contributed by atoms with van der Waals surface area (Å²) in [5.41, 5.74) is 10.5. The monoisotopic (exact) mass is 673 g/mol. The van der Waals surface area contributed by atoms with E-state index in [1.807, 2.05) is 6.92 Å². The van der Waals surface area contributed by atoms with Gasteiger partial charge in [-0.05, 0) is 97.8 Å². The molecule has 0 saturated carbocycles. The number of fused-ring (bicyclic) bond motifs is 1. The average Bonchev–Trinajstić information content (AvgIpc) is 3.02. The lowest BCUT2D eigenvalue weighted by molar-refractivity contribution is 0.417. The van der Waals surface area contributed by atoms with E-state index in [1.165, 1.54) is 49.6 Å². The zero-order valence-corrected chi connectivity index (χ0v) is 26.7. The summed E-state index contributed by atoms with van der Waals surface area (Å²) in [6, 6.07) is 21.0. The lowest BCUT2D eigenvalue weighted by Crippen LogP contribution is -1.97. The Bertz CT molecular complexity index is 2320. The second-order valence-corrected chi connectivity index (χ2v) is 13.0. The molecule has 0 saturated heterocycles. The van der Waals surface area contributed by atoms with Crippen molar-refractivity contribution in [3.05, 3.63) is 96.1 Å². The molecule has 0 amide bonds. The van der Waals surface area contributed by atoms with Gasteiger partial charge in [0, 0.05) is 16.8 Å². The number of ether oxygens (including phenoxy) is 1. The van der Waals surface area contributed by atoms with E-state index in [1.54, 1.807) is 49.4 Å². The molecule has 0 aliphatic heterocycles. The summed E-state index contributed by atoms with van der Waals surface area (Å²) < 4.78 is 70.4. The van der Waals surface area contributed by atoms with Crippen LogP contribution in [-0.4, -0.2) is 33.1 Å². The molecule has 0 heterocycles. The summed E-state index contributed by atoms with van der Waals surface area (Å²) in [7, 11) is -7.33. The molecule has 47 heavy (non-hydrogen) atoms. The van der Waals surface area contributed by atoms with E-state index >= 15 is 0 Å². The number of anilines is 1. The molecule has 0 bridgehead atoms. The number of hydrogen-bond acceptors (Lipinski definition) is 12. The number of methoxy groups -OCH3 is 1. The molecule has 0 aliphatic rings. The Balaban J connectivity index is 1.45. The van der Waals surface area contributed by atoms with Crippen molar-refractivity contribution in [2.75, 3.05) is 12.8 Å². The van der Waals surface area contributed by atoms with Gasteiger partial charge in [0.1, 0.15) is 5.75 Å². The van der Waals surface area contributed by atoms with Gasteiger partial charge in [-0.15, -0.1) is 10.2 Å². The molecular weight excluding hydrogens is 647 g/mol. The molecular formula is C31H27N7O7S2. The van der Waals surface area contributed by atoms with Crippen LogP contribution in [0.2, 0.25) is 0 Å². The van der Waals surface area contributed by atoms with Crippen LogP contribution in [0, 0.1) is 13.8 Å². The van der Waals surface area contributed by atoms with Crippen molar-refractivity contribution < 1.29 is 30.7 Å². The number of nitrogens with two attached hydrogens (primary N) is 1. The van der Waals surface area contributed by atoms with Gasteiger partial charge in [-0.1, -0.05) is 6.07 Å². The first-order valence-electron chi connectivity index (χ1n) is 13.6. The van der Waals surface area contributed by atoms with Crippen LogP contribution < -0.4 is 10.5 Å². The van der Waals surface area contributed by atoms with Crippen LogP contribution in [0.5, 0.6) is 5.75 Å². The Labute approximate surface area is 269 Å². The van der Waals surface area contributed by atoms with Crippen LogP contribution in [0.15, 0.2) is 125 Å². The predicted molar refractivity (Wildman–Crippen MR) is 176 cm³/mol. The standard InChI is InChI=1S/C31H27N7O7S2/c1-18-14-21(6-11-27(18)35-33-20-4-7-22(8-5-20)46(39,40)41)34-36-29-13-12-28(24-10-9-23(16-25(24)29)47(42,43)44)37-38-30-17-31(45-3)26(32)15-19(30)2/h4-17H,32H2,1-3H3,(H,39,40,41)(H,42,43,44). The van der Waals surface area contributed by atoms with E-state index < -0.39 is 20.2 Å². The van der Waals surface area contributed by atoms with E-state index in [-0.39, 0.29) is 9.79 Å². The van der Waals surface area contributed by atoms with Crippen molar-refractivity contribution in [3.8, 4) is 5.75 Å². The van der Waals surface area contributed by atoms with Gasteiger partial charge >= 0.3 is 0 Å². The third-order valence-corrected chi connectivity index (χ3v) is 8.63. The molecule has 0 spiro atoms. The van der Waals surface area contributed by atoms with Crippen molar-refractivity contribution in [2.45, 2.75) is 23.6 Å². The first kappa shape index (κ1) is 33.0. The van der Waals surface area contributed by atoms with Crippen LogP contribution in [0.4, 0.5) is 39.8 Å². The highest BCUT2D eigenvalue weighted by Gasteiger charge is 2.15. The lowest BCUT2D eigenvalue weighted by Gasteiger charge is -2.08. The fourth-order valence-electron chi connectivity index (χ4n) is 4.44. The number of hydrogen-bond donors (Lipinski definition) is 3. The van der Waals surface area contributed by atoms with Crippen LogP contribution in [0.3, 0.4) is 0 Å². The van der Waals surface area contributed by atoms with Crippen molar-refractivity contribution in [2.24, 2.45) is 30.7 Å². The lowest BCUT2D eigenvalue weighted by atomic mass is 10.1. The number of rotatable bonds is 9. The average molecular weight is 674 g/mol. The second kappa shape index (κ2) is 13.1. The maximum atomic E-state index is 11.9. The number of nitrogen functional groups attached to an aromatic ring is 1. The largest absolute Gasteiger partial charge is 0.495 e. The number of azo groups is 3. The topological polar surface area (TPSA) is 218 Å². The highest BCUT2D eigenvalue weighted by molar-refractivity contribution is 7.86. The molecule has 5 aromatic rings. The zero-order valence-electron chi connectivity index (χ0n) is 25.1. The minimum Gasteiger partial charge on any atom is -0.495 e. The fourth-order valence-corrected chi connectivity index (χ4v) is 5.43. The Morgan fingerprint density at radius 3 is 1.70 bits per heavy atom. The molecule has 5 aromatic carbocycles. The molecule has 0 fully saturated rings. The highest BCUT2D eigenvalue weighted by atomic mass is 32.2. The summed E-state index contributed by atoms with van der Waals surface area (Å²) in [6.07, 6.45) is 0. The molecule has 0 aromatic heterocycles. The van der Waals surface area contributed by atoms with E-state index in [9.17, 15) is 21.4 Å². The smallest absolute Gasteiger partial charge is 0.294 e. The van der Waals surface area contributed by atoms with Crippen molar-refractivity contribution in [1.82, 2.24) is 0 Å². The zero-order chi connectivity index (χ0) is 33.9. The number of nitrogens with zero attached hydrogens (tertiary/aromatic N) is 6. The molecule has 5 rings (SSSR count). The van der Waals surface area contributed by atoms with E-state index in [0.717, 1.165) is 5.56 Å². The normalized spacial score (nSPS) is 12.5. The van der Waals surface area contributed by atoms with Crippen LogP contribution in [-0.2, 0) is 20.2 Å². The van der Waals surface area contributed by atoms with Crippen LogP contribution in [0.25, 0.3) is 10.8 Å². The minimum atomic E-state index is -4.52. The van der Waals surface area contributed by atoms with E-state index in [2.05, 4.69) is 30.7 Å². The van der Waals surface area contributed by atoms with Crippen LogP contribution >= 0.6 is 0 Å². The van der Waals surface area contributed by atoms with E-state index in [4.69, 9.17) is 15.0 Å². The molecule has 4 N–H and O–H groups in total. The highest BCUT2D eigenvalue weighted by Crippen LogP contribution is 2.38. The Morgan fingerprint density at radius 2 is 1.06 bits per heavy atom. The summed E-state index contributed by atoms with van der Waals surface area (Å²) in [4.78, 5) is -0.578. The Kier molecular flexibility index (Phi) is 9.21. The third-order valence-electron chi connectivity index (χ3n) is 6.91. The first-order chi connectivity index (χ1) is 22.2. The van der Waals surface area contributed by atoms with Gasteiger partial charge in [0.2, 0.25) is 0 Å². The quantitative estimate of drug-likeness (QED) is 0.0777. The van der Waals surface area contributed by atoms with E-state index in [0.29, 0.717) is 61.9 Å². The Morgan fingerprint density at radius 1 is 0.553 bits per heavy atom. The number of benzene rings is 5. The van der Waals surface area contributed by atoms with Gasteiger partial charge < -0.3 is 10.5 Å². The van der Waals surface area contributed by atoms with Gasteiger partial charge in [-0.25, -0.2) is 0 Å². The molecule has 0 radical (unpaired) electrons. The SMILES string of the molecule is COc1cc(N=Nc2ccc(N=Nc3ccc(N=Nc4ccc(S(=O)(=O)O)cc4)c(C)c3)c3cc(S(=O)(=O)O)ccc23)c(C)cc1N.